The molecule has 1 heterocycles. The third kappa shape index (κ3) is 1.68. The van der Waals surface area contributed by atoms with Gasteiger partial charge in [0.05, 0.1) is 11.4 Å². The number of aryl methyl sites for hydroxylation is 2. The molecule has 0 spiro atoms. The fraction of sp³-hybridized carbons (Fsp3) is 0.429. The van der Waals surface area contributed by atoms with Crippen molar-refractivity contribution >= 4 is 21.7 Å². The molecule has 1 rings (SSSR count). The van der Waals surface area contributed by atoms with Crippen molar-refractivity contribution in [2.75, 3.05) is 5.73 Å². The topological polar surface area (TPSA) is 51.8 Å². The van der Waals surface area contributed by atoms with Gasteiger partial charge in [0.1, 0.15) is 10.4 Å². The summed E-state index contributed by atoms with van der Waals surface area (Å²) in [6, 6.07) is 0. The van der Waals surface area contributed by atoms with Gasteiger partial charge in [-0.3, -0.25) is 0 Å². The van der Waals surface area contributed by atoms with E-state index in [-0.39, 0.29) is 0 Å². The summed E-state index contributed by atoms with van der Waals surface area (Å²) in [5.74, 6) is 0.535. The first-order valence-electron chi connectivity index (χ1n) is 3.43. The molecule has 0 saturated heterocycles. The Balaban J connectivity index is 3.21. The Morgan fingerprint density at radius 2 is 2.09 bits per heavy atom. The Kier molecular flexibility index (Phi) is 2.44. The van der Waals surface area contributed by atoms with Gasteiger partial charge >= 0.3 is 0 Å². The second-order valence-corrected chi connectivity index (χ2v) is 3.04. The molecule has 0 aromatic carbocycles. The molecule has 0 radical (unpaired) electrons. The van der Waals surface area contributed by atoms with Crippen molar-refractivity contribution in [1.82, 2.24) is 9.97 Å². The van der Waals surface area contributed by atoms with Crippen molar-refractivity contribution in [3.63, 3.8) is 0 Å². The lowest BCUT2D eigenvalue weighted by atomic mass is 10.3. The van der Waals surface area contributed by atoms with Crippen LogP contribution in [0.2, 0.25) is 0 Å². The molecule has 0 saturated carbocycles. The highest BCUT2D eigenvalue weighted by Gasteiger charge is 2.03. The SMILES string of the molecule is CCc1nc(Br)c(C)nc1N. The van der Waals surface area contributed by atoms with Gasteiger partial charge in [-0.2, -0.15) is 0 Å². The average Bonchev–Trinajstić information content (AvgIpc) is 1.97. The van der Waals surface area contributed by atoms with Gasteiger partial charge in [0, 0.05) is 0 Å². The average molecular weight is 216 g/mol. The second kappa shape index (κ2) is 3.17. The quantitative estimate of drug-likeness (QED) is 0.777. The van der Waals surface area contributed by atoms with Gasteiger partial charge in [0.15, 0.2) is 0 Å². The first kappa shape index (κ1) is 8.46. The van der Waals surface area contributed by atoms with E-state index < -0.39 is 0 Å². The molecule has 0 amide bonds. The van der Waals surface area contributed by atoms with Crippen LogP contribution in [0.4, 0.5) is 5.82 Å². The lowest BCUT2D eigenvalue weighted by molar-refractivity contribution is 0.968. The van der Waals surface area contributed by atoms with Crippen molar-refractivity contribution in [3.8, 4) is 0 Å². The van der Waals surface area contributed by atoms with Gasteiger partial charge in [0.2, 0.25) is 0 Å². The Bertz CT molecular complexity index is 273. The Morgan fingerprint density at radius 1 is 1.45 bits per heavy atom. The highest BCUT2D eigenvalue weighted by Crippen LogP contribution is 2.15. The third-order valence-corrected chi connectivity index (χ3v) is 2.20. The second-order valence-electron chi connectivity index (χ2n) is 2.29. The Hall–Kier alpha value is -0.640. The largest absolute Gasteiger partial charge is 0.382 e. The van der Waals surface area contributed by atoms with E-state index in [0.29, 0.717) is 5.82 Å². The fourth-order valence-corrected chi connectivity index (χ4v) is 1.11. The Labute approximate surface area is 74.2 Å². The molecule has 0 aliphatic rings. The van der Waals surface area contributed by atoms with Gasteiger partial charge in [-0.1, -0.05) is 6.92 Å². The molecule has 0 aliphatic carbocycles. The first-order valence-corrected chi connectivity index (χ1v) is 4.23. The van der Waals surface area contributed by atoms with E-state index in [1.807, 2.05) is 13.8 Å². The fourth-order valence-electron chi connectivity index (χ4n) is 0.808. The van der Waals surface area contributed by atoms with Crippen molar-refractivity contribution in [2.45, 2.75) is 20.3 Å². The maximum atomic E-state index is 5.61. The van der Waals surface area contributed by atoms with Gasteiger partial charge in [-0.25, -0.2) is 9.97 Å². The van der Waals surface area contributed by atoms with Crippen LogP contribution in [0.25, 0.3) is 0 Å². The van der Waals surface area contributed by atoms with Crippen LogP contribution in [0, 0.1) is 6.92 Å². The van der Waals surface area contributed by atoms with Crippen molar-refractivity contribution in [2.24, 2.45) is 0 Å². The van der Waals surface area contributed by atoms with Crippen LogP contribution in [0.15, 0.2) is 4.60 Å². The number of rotatable bonds is 1. The summed E-state index contributed by atoms with van der Waals surface area (Å²) in [6.07, 6.45) is 0.817. The van der Waals surface area contributed by atoms with Crippen molar-refractivity contribution in [1.29, 1.82) is 0 Å². The molecule has 1 aromatic rings. The van der Waals surface area contributed by atoms with E-state index >= 15 is 0 Å². The zero-order valence-electron chi connectivity index (χ0n) is 6.56. The number of aromatic nitrogens is 2. The minimum Gasteiger partial charge on any atom is -0.382 e. The van der Waals surface area contributed by atoms with E-state index in [1.165, 1.54) is 0 Å². The summed E-state index contributed by atoms with van der Waals surface area (Å²) < 4.78 is 0.781. The predicted octanol–water partition coefficient (Wildman–Crippen LogP) is 1.69. The molecule has 3 nitrogen and oxygen atoms in total. The number of nitrogen functional groups attached to an aromatic ring is 1. The number of hydrogen-bond acceptors (Lipinski definition) is 3. The summed E-state index contributed by atoms with van der Waals surface area (Å²) >= 11 is 3.29. The summed E-state index contributed by atoms with van der Waals surface area (Å²) in [4.78, 5) is 8.33. The maximum Gasteiger partial charge on any atom is 0.145 e. The molecule has 0 fully saturated rings. The smallest absolute Gasteiger partial charge is 0.145 e. The summed E-state index contributed by atoms with van der Waals surface area (Å²) in [5.41, 5.74) is 7.29. The van der Waals surface area contributed by atoms with Crippen LogP contribution in [0.5, 0.6) is 0 Å². The predicted molar refractivity (Wildman–Crippen MR) is 48.3 cm³/mol. The molecular weight excluding hydrogens is 206 g/mol. The highest BCUT2D eigenvalue weighted by molar-refractivity contribution is 9.10. The molecule has 0 unspecified atom stereocenters. The zero-order valence-corrected chi connectivity index (χ0v) is 8.14. The molecule has 0 aliphatic heterocycles. The summed E-state index contributed by atoms with van der Waals surface area (Å²) in [5, 5.41) is 0. The van der Waals surface area contributed by atoms with Crippen molar-refractivity contribution in [3.05, 3.63) is 16.0 Å². The highest BCUT2D eigenvalue weighted by atomic mass is 79.9. The van der Waals surface area contributed by atoms with Crippen molar-refractivity contribution < 1.29 is 0 Å². The molecule has 1 aromatic heterocycles. The molecule has 11 heavy (non-hydrogen) atoms. The van der Waals surface area contributed by atoms with E-state index in [9.17, 15) is 0 Å². The minimum atomic E-state index is 0.535. The van der Waals surface area contributed by atoms with Gasteiger partial charge in [-0.05, 0) is 29.3 Å². The van der Waals surface area contributed by atoms with Crippen LogP contribution in [-0.2, 0) is 6.42 Å². The number of nitrogens with zero attached hydrogens (tertiary/aromatic N) is 2. The molecule has 4 heteroatoms. The molecule has 60 valence electrons. The molecule has 2 N–H and O–H groups in total. The van der Waals surface area contributed by atoms with Crippen LogP contribution in [0.1, 0.15) is 18.3 Å². The van der Waals surface area contributed by atoms with Gasteiger partial charge < -0.3 is 5.73 Å². The maximum absolute atomic E-state index is 5.61. The van der Waals surface area contributed by atoms with Crippen LogP contribution in [0.3, 0.4) is 0 Å². The molecular formula is C7H10BrN3. The van der Waals surface area contributed by atoms with E-state index in [2.05, 4.69) is 25.9 Å². The van der Waals surface area contributed by atoms with Crippen LogP contribution >= 0.6 is 15.9 Å². The number of hydrogen-bond donors (Lipinski definition) is 1. The Morgan fingerprint density at radius 3 is 2.64 bits per heavy atom. The number of anilines is 1. The molecule has 0 atom stereocenters. The van der Waals surface area contributed by atoms with Crippen LogP contribution in [-0.4, -0.2) is 9.97 Å². The third-order valence-electron chi connectivity index (χ3n) is 1.45. The zero-order chi connectivity index (χ0) is 8.43. The van der Waals surface area contributed by atoms with E-state index in [1.54, 1.807) is 0 Å². The van der Waals surface area contributed by atoms with Gasteiger partial charge in [0.25, 0.3) is 0 Å². The normalized spacial score (nSPS) is 10.1. The molecule has 0 bridgehead atoms. The lowest BCUT2D eigenvalue weighted by Gasteiger charge is -2.03. The standard InChI is InChI=1S/C7H10BrN3/c1-3-5-7(9)10-4(2)6(8)11-5/h3H2,1-2H3,(H2,9,10). The summed E-state index contributed by atoms with van der Waals surface area (Å²) in [7, 11) is 0. The number of nitrogens with two attached hydrogens (primary N) is 1. The van der Waals surface area contributed by atoms with E-state index in [0.717, 1.165) is 22.4 Å². The lowest BCUT2D eigenvalue weighted by Crippen LogP contribution is -2.02. The summed E-state index contributed by atoms with van der Waals surface area (Å²) in [6.45, 7) is 3.87. The van der Waals surface area contributed by atoms with Gasteiger partial charge in [-0.15, -0.1) is 0 Å². The van der Waals surface area contributed by atoms with E-state index in [4.69, 9.17) is 5.73 Å². The monoisotopic (exact) mass is 215 g/mol. The number of halogens is 1. The first-order chi connectivity index (χ1) is 5.15. The van der Waals surface area contributed by atoms with Crippen LogP contribution < -0.4 is 5.73 Å². The minimum absolute atomic E-state index is 0.535.